The van der Waals surface area contributed by atoms with Gasteiger partial charge in [-0.3, -0.25) is 19.7 Å². The number of fused-ring (bicyclic) bond motifs is 1. The topological polar surface area (TPSA) is 101 Å². The summed E-state index contributed by atoms with van der Waals surface area (Å²) in [5, 5.41) is 17.4. The number of nitro benzene ring substituents is 1. The van der Waals surface area contributed by atoms with Gasteiger partial charge in [-0.2, -0.15) is 0 Å². The number of aryl methyl sites for hydroxylation is 2. The van der Waals surface area contributed by atoms with Gasteiger partial charge in [-0.1, -0.05) is 38.5 Å². The van der Waals surface area contributed by atoms with Crippen LogP contribution in [0.15, 0.2) is 42.5 Å². The summed E-state index contributed by atoms with van der Waals surface area (Å²) in [6.07, 6.45) is 2.62. The highest BCUT2D eigenvalue weighted by molar-refractivity contribution is 7.17. The largest absolute Gasteiger partial charge is 0.322 e. The fourth-order valence-electron chi connectivity index (χ4n) is 4.70. The molecule has 0 spiro atoms. The molecule has 1 aliphatic carbocycles. The lowest BCUT2D eigenvalue weighted by Gasteiger charge is -2.33. The van der Waals surface area contributed by atoms with Gasteiger partial charge in [-0.25, -0.2) is 0 Å². The third-order valence-electron chi connectivity index (χ3n) is 6.91. The minimum Gasteiger partial charge on any atom is -0.322 e. The normalized spacial score (nSPS) is 15.2. The number of nitrogens with one attached hydrogen (secondary N) is 2. The molecule has 0 bridgehead atoms. The Bertz CT molecular complexity index is 1340. The molecule has 2 N–H and O–H groups in total. The Morgan fingerprint density at radius 3 is 2.33 bits per heavy atom. The van der Waals surface area contributed by atoms with Crippen LogP contribution < -0.4 is 10.6 Å². The number of nitrogens with zero attached hydrogens (tertiary/aromatic N) is 1. The van der Waals surface area contributed by atoms with Crippen LogP contribution in [0.4, 0.5) is 16.4 Å². The van der Waals surface area contributed by atoms with Crippen LogP contribution in [0.5, 0.6) is 0 Å². The Morgan fingerprint density at radius 1 is 1.03 bits per heavy atom. The molecule has 0 saturated heterocycles. The van der Waals surface area contributed by atoms with Gasteiger partial charge in [0.2, 0.25) is 0 Å². The maximum Gasteiger partial charge on any atom is 0.269 e. The molecule has 1 aliphatic rings. The number of benzene rings is 2. The van der Waals surface area contributed by atoms with E-state index in [0.29, 0.717) is 22.0 Å². The molecule has 36 heavy (non-hydrogen) atoms. The highest BCUT2D eigenvalue weighted by atomic mass is 32.1. The molecule has 8 heteroatoms. The van der Waals surface area contributed by atoms with Crippen LogP contribution in [0.2, 0.25) is 0 Å². The molecule has 188 valence electrons. The minimum atomic E-state index is -0.504. The van der Waals surface area contributed by atoms with Crippen LogP contribution in [-0.2, 0) is 12.8 Å². The lowest BCUT2D eigenvalue weighted by molar-refractivity contribution is -0.384. The lowest BCUT2D eigenvalue weighted by atomic mass is 9.72. The van der Waals surface area contributed by atoms with Crippen molar-refractivity contribution < 1.29 is 14.5 Å². The number of amides is 2. The Hall–Kier alpha value is -3.52. The molecular formula is C28H31N3O4S. The molecule has 0 fully saturated rings. The third kappa shape index (κ3) is 5.33. The molecular weight excluding hydrogens is 474 g/mol. The zero-order valence-corrected chi connectivity index (χ0v) is 22.0. The summed E-state index contributed by atoms with van der Waals surface area (Å²) in [5.41, 5.74) is 4.69. The highest BCUT2D eigenvalue weighted by Gasteiger charge is 2.34. The summed E-state index contributed by atoms with van der Waals surface area (Å²) in [6, 6.07) is 11.3. The van der Waals surface area contributed by atoms with E-state index in [-0.39, 0.29) is 17.0 Å². The number of thiophene rings is 1. The van der Waals surface area contributed by atoms with Crippen molar-refractivity contribution in [3.63, 3.8) is 0 Å². The summed E-state index contributed by atoms with van der Waals surface area (Å²) in [6.45, 7) is 10.7. The number of carbonyl (C=O) groups excluding carboxylic acids is 2. The van der Waals surface area contributed by atoms with Gasteiger partial charge in [0.25, 0.3) is 17.5 Å². The second kappa shape index (κ2) is 9.85. The first kappa shape index (κ1) is 25.6. The monoisotopic (exact) mass is 505 g/mol. The summed E-state index contributed by atoms with van der Waals surface area (Å²) in [7, 11) is 0. The van der Waals surface area contributed by atoms with Crippen molar-refractivity contribution in [2.24, 2.45) is 11.3 Å². The van der Waals surface area contributed by atoms with E-state index in [2.05, 4.69) is 31.4 Å². The number of anilines is 2. The molecule has 2 amide bonds. The number of nitro groups is 1. The van der Waals surface area contributed by atoms with Crippen molar-refractivity contribution in [1.29, 1.82) is 0 Å². The minimum absolute atomic E-state index is 0.0834. The molecule has 1 atom stereocenters. The van der Waals surface area contributed by atoms with E-state index in [4.69, 9.17) is 0 Å². The molecule has 7 nitrogen and oxygen atoms in total. The smallest absolute Gasteiger partial charge is 0.269 e. The number of hydrogen-bond acceptors (Lipinski definition) is 5. The summed E-state index contributed by atoms with van der Waals surface area (Å²) >= 11 is 1.46. The summed E-state index contributed by atoms with van der Waals surface area (Å²) < 4.78 is 0. The van der Waals surface area contributed by atoms with Crippen molar-refractivity contribution in [2.75, 3.05) is 10.6 Å². The quantitative estimate of drug-likeness (QED) is 0.290. The standard InChI is InChI=1S/C28H31N3O4S/c1-16-6-13-22(17(2)14-16)29-26(33)24-21-12-9-19(28(3,4)5)15-23(21)36-27(24)30-25(32)18-7-10-20(11-8-18)31(34)35/h6-8,10-11,13-14,19H,9,12,15H2,1-5H3,(H,29,33)(H,30,32). The molecule has 1 unspecified atom stereocenters. The van der Waals surface area contributed by atoms with Gasteiger partial charge in [-0.15, -0.1) is 11.3 Å². The highest BCUT2D eigenvalue weighted by Crippen LogP contribution is 2.44. The van der Waals surface area contributed by atoms with Gasteiger partial charge in [0.05, 0.1) is 10.5 Å². The second-order valence-electron chi connectivity index (χ2n) is 10.5. The predicted molar refractivity (Wildman–Crippen MR) is 144 cm³/mol. The molecule has 1 aromatic heterocycles. The lowest BCUT2D eigenvalue weighted by Crippen LogP contribution is -2.27. The maximum absolute atomic E-state index is 13.6. The number of non-ortho nitro benzene ring substituents is 1. The van der Waals surface area contributed by atoms with Gasteiger partial charge < -0.3 is 10.6 Å². The number of hydrogen-bond donors (Lipinski definition) is 2. The van der Waals surface area contributed by atoms with Gasteiger partial charge in [0.15, 0.2) is 0 Å². The molecule has 0 aliphatic heterocycles. The molecule has 3 aromatic rings. The van der Waals surface area contributed by atoms with Crippen LogP contribution >= 0.6 is 11.3 Å². The van der Waals surface area contributed by atoms with Gasteiger partial charge in [-0.05, 0) is 73.8 Å². The van der Waals surface area contributed by atoms with Crippen molar-refractivity contribution in [1.82, 2.24) is 0 Å². The first-order valence-electron chi connectivity index (χ1n) is 12.0. The number of rotatable bonds is 5. The van der Waals surface area contributed by atoms with Crippen LogP contribution in [-0.4, -0.2) is 16.7 Å². The summed E-state index contributed by atoms with van der Waals surface area (Å²) in [5.74, 6) is -0.166. The fourth-order valence-corrected chi connectivity index (χ4v) is 6.02. The predicted octanol–water partition coefficient (Wildman–Crippen LogP) is 6.93. The molecule has 1 heterocycles. The Kier molecular flexibility index (Phi) is 7.00. The van der Waals surface area contributed by atoms with Crippen molar-refractivity contribution in [3.05, 3.63) is 85.3 Å². The van der Waals surface area contributed by atoms with E-state index in [1.54, 1.807) is 0 Å². The van der Waals surface area contributed by atoms with Gasteiger partial charge in [0.1, 0.15) is 5.00 Å². The average molecular weight is 506 g/mol. The average Bonchev–Trinajstić information content (AvgIpc) is 3.17. The van der Waals surface area contributed by atoms with Crippen molar-refractivity contribution in [2.45, 2.75) is 53.9 Å². The summed E-state index contributed by atoms with van der Waals surface area (Å²) in [4.78, 5) is 38.2. The first-order valence-corrected chi connectivity index (χ1v) is 12.8. The first-order chi connectivity index (χ1) is 16.9. The van der Waals surface area contributed by atoms with E-state index in [0.717, 1.165) is 46.5 Å². The fraction of sp³-hybridized carbons (Fsp3) is 0.357. The van der Waals surface area contributed by atoms with Crippen LogP contribution in [0, 0.1) is 35.3 Å². The zero-order chi connectivity index (χ0) is 26.2. The van der Waals surface area contributed by atoms with E-state index < -0.39 is 10.8 Å². The van der Waals surface area contributed by atoms with Gasteiger partial charge >= 0.3 is 0 Å². The molecule has 2 aromatic carbocycles. The SMILES string of the molecule is Cc1ccc(NC(=O)c2c(NC(=O)c3ccc([N+](=O)[O-])cc3)sc3c2CCC(C(C)(C)C)C3)c(C)c1. The van der Waals surface area contributed by atoms with Crippen LogP contribution in [0.25, 0.3) is 0 Å². The van der Waals surface area contributed by atoms with Crippen LogP contribution in [0.1, 0.15) is 69.5 Å². The van der Waals surface area contributed by atoms with E-state index >= 15 is 0 Å². The Labute approximate surface area is 215 Å². The van der Waals surface area contributed by atoms with Crippen LogP contribution in [0.3, 0.4) is 0 Å². The van der Waals surface area contributed by atoms with E-state index in [1.165, 1.54) is 35.6 Å². The number of carbonyl (C=O) groups is 2. The van der Waals surface area contributed by atoms with E-state index in [9.17, 15) is 19.7 Å². The molecule has 4 rings (SSSR count). The van der Waals surface area contributed by atoms with Gasteiger partial charge in [0, 0.05) is 28.3 Å². The molecule has 0 radical (unpaired) electrons. The zero-order valence-electron chi connectivity index (χ0n) is 21.2. The maximum atomic E-state index is 13.6. The Morgan fingerprint density at radius 2 is 1.72 bits per heavy atom. The second-order valence-corrected chi connectivity index (χ2v) is 11.6. The van der Waals surface area contributed by atoms with Crippen molar-refractivity contribution >= 4 is 39.5 Å². The van der Waals surface area contributed by atoms with Crippen molar-refractivity contribution in [3.8, 4) is 0 Å². The third-order valence-corrected chi connectivity index (χ3v) is 8.08. The Balaban J connectivity index is 1.68. The van der Waals surface area contributed by atoms with E-state index in [1.807, 2.05) is 32.0 Å². The molecule has 0 saturated carbocycles.